The Bertz CT molecular complexity index is 524. The molecule has 0 radical (unpaired) electrons. The van der Waals surface area contributed by atoms with Crippen molar-refractivity contribution in [2.24, 2.45) is 0 Å². The van der Waals surface area contributed by atoms with Gasteiger partial charge in [-0.3, -0.25) is 0 Å². The second-order valence-corrected chi connectivity index (χ2v) is 7.96. The third kappa shape index (κ3) is 5.67. The van der Waals surface area contributed by atoms with Crippen LogP contribution in [0.2, 0.25) is 0 Å². The third-order valence-corrected chi connectivity index (χ3v) is 5.90. The highest BCUT2D eigenvalue weighted by atomic mass is 32.2. The van der Waals surface area contributed by atoms with Crippen molar-refractivity contribution in [2.45, 2.75) is 50.1 Å². The molecule has 0 amide bonds. The normalized spacial score (nSPS) is 15.5. The lowest BCUT2D eigenvalue weighted by Gasteiger charge is -2.09. The largest absolute Gasteiger partial charge is 0.380 e. The van der Waals surface area contributed by atoms with Crippen molar-refractivity contribution in [3.05, 3.63) is 16.3 Å². The molecule has 1 aliphatic rings. The van der Waals surface area contributed by atoms with Gasteiger partial charge in [0.15, 0.2) is 0 Å². The molecule has 2 rings (SSSR count). The molecule has 0 aromatic carbocycles. The highest BCUT2D eigenvalue weighted by Crippen LogP contribution is 2.24. The van der Waals surface area contributed by atoms with E-state index in [9.17, 15) is 8.42 Å². The van der Waals surface area contributed by atoms with Crippen molar-refractivity contribution < 1.29 is 13.2 Å². The molecule has 7 heteroatoms. The fourth-order valence-corrected chi connectivity index (χ4v) is 4.30. The lowest BCUT2D eigenvalue weighted by molar-refractivity contribution is 0.136. The molecular weight excluding hydrogens is 308 g/mol. The molecule has 0 bridgehead atoms. The van der Waals surface area contributed by atoms with Crippen molar-refractivity contribution in [1.29, 1.82) is 0 Å². The Hall–Kier alpha value is -0.470. The Morgan fingerprint density at radius 1 is 1.38 bits per heavy atom. The minimum absolute atomic E-state index is 0.317. The molecule has 1 aromatic heterocycles. The number of sulfonamides is 1. The molecule has 0 aliphatic heterocycles. The summed E-state index contributed by atoms with van der Waals surface area (Å²) in [6.07, 6.45) is 4.48. The zero-order chi connectivity index (χ0) is 15.1. The van der Waals surface area contributed by atoms with Gasteiger partial charge < -0.3 is 10.1 Å². The summed E-state index contributed by atoms with van der Waals surface area (Å²) in [5.41, 5.74) is 0. The summed E-state index contributed by atoms with van der Waals surface area (Å²) < 4.78 is 32.5. The van der Waals surface area contributed by atoms with Crippen molar-refractivity contribution in [3.63, 3.8) is 0 Å². The number of nitrogens with one attached hydrogen (secondary N) is 2. The van der Waals surface area contributed by atoms with Crippen LogP contribution in [-0.4, -0.2) is 34.2 Å². The molecule has 0 spiro atoms. The summed E-state index contributed by atoms with van der Waals surface area (Å²) in [6.45, 7) is 4.15. The second-order valence-electron chi connectivity index (χ2n) is 5.23. The summed E-state index contributed by atoms with van der Waals surface area (Å²) in [4.78, 5) is 1.27. The van der Waals surface area contributed by atoms with Crippen LogP contribution in [0.15, 0.2) is 16.3 Å². The maximum absolute atomic E-state index is 12.3. The van der Waals surface area contributed by atoms with E-state index in [0.29, 0.717) is 37.2 Å². The summed E-state index contributed by atoms with van der Waals surface area (Å²) in [7, 11) is -3.43. The number of ether oxygens (including phenoxy) is 1. The topological polar surface area (TPSA) is 67.4 Å². The highest BCUT2D eigenvalue weighted by Gasteiger charge is 2.23. The fourth-order valence-electron chi connectivity index (χ4n) is 1.90. The van der Waals surface area contributed by atoms with Crippen LogP contribution < -0.4 is 10.0 Å². The lowest BCUT2D eigenvalue weighted by atomic mass is 10.4. The van der Waals surface area contributed by atoms with Crippen LogP contribution in [0.1, 0.15) is 37.5 Å². The maximum Gasteiger partial charge on any atom is 0.241 e. The number of hydrogen-bond acceptors (Lipinski definition) is 5. The molecular formula is C14H24N2O3S2. The Balaban J connectivity index is 1.79. The van der Waals surface area contributed by atoms with Crippen molar-refractivity contribution >= 4 is 21.4 Å². The molecule has 21 heavy (non-hydrogen) atoms. The van der Waals surface area contributed by atoms with E-state index in [0.717, 1.165) is 17.7 Å². The first-order valence-corrected chi connectivity index (χ1v) is 9.87. The van der Waals surface area contributed by atoms with Gasteiger partial charge in [-0.1, -0.05) is 13.3 Å². The standard InChI is InChI=1S/C14H24N2O3S2/c1-2-3-8-19-9-7-16-21(17,18)14-6-10-20-13(14)11-15-12-4-5-12/h6,10,12,15-16H,2-5,7-9,11H2,1H3. The van der Waals surface area contributed by atoms with Gasteiger partial charge in [-0.15, -0.1) is 11.3 Å². The number of hydrogen-bond donors (Lipinski definition) is 2. The lowest BCUT2D eigenvalue weighted by Crippen LogP contribution is -2.28. The number of unbranched alkanes of at least 4 members (excludes halogenated alkanes) is 1. The van der Waals surface area contributed by atoms with Crippen molar-refractivity contribution in [1.82, 2.24) is 10.0 Å². The molecule has 1 fully saturated rings. The van der Waals surface area contributed by atoms with Crippen LogP contribution >= 0.6 is 11.3 Å². The molecule has 1 aromatic rings. The van der Waals surface area contributed by atoms with Gasteiger partial charge >= 0.3 is 0 Å². The molecule has 120 valence electrons. The Morgan fingerprint density at radius 2 is 2.19 bits per heavy atom. The van der Waals surface area contributed by atoms with Crippen LogP contribution in [0.3, 0.4) is 0 Å². The number of thiophene rings is 1. The third-order valence-electron chi connectivity index (χ3n) is 3.30. The van der Waals surface area contributed by atoms with Gasteiger partial charge in [0.1, 0.15) is 0 Å². The van der Waals surface area contributed by atoms with Crippen LogP contribution in [0.4, 0.5) is 0 Å². The van der Waals surface area contributed by atoms with E-state index in [1.54, 1.807) is 6.07 Å². The van der Waals surface area contributed by atoms with Crippen molar-refractivity contribution in [3.8, 4) is 0 Å². The first-order valence-electron chi connectivity index (χ1n) is 7.50. The average molecular weight is 332 g/mol. The van der Waals surface area contributed by atoms with E-state index in [2.05, 4.69) is 17.0 Å². The van der Waals surface area contributed by atoms with Crippen LogP contribution in [0, 0.1) is 0 Å². The minimum Gasteiger partial charge on any atom is -0.380 e. The van der Waals surface area contributed by atoms with Gasteiger partial charge in [-0.2, -0.15) is 0 Å². The van der Waals surface area contributed by atoms with Crippen LogP contribution in [0.5, 0.6) is 0 Å². The summed E-state index contributed by atoms with van der Waals surface area (Å²) in [5, 5.41) is 5.19. The summed E-state index contributed by atoms with van der Waals surface area (Å²) in [5.74, 6) is 0. The minimum atomic E-state index is -3.43. The zero-order valence-corrected chi connectivity index (χ0v) is 14.1. The van der Waals surface area contributed by atoms with E-state index in [1.165, 1.54) is 24.2 Å². The maximum atomic E-state index is 12.3. The molecule has 1 heterocycles. The second kappa shape index (κ2) is 8.24. The van der Waals surface area contributed by atoms with Crippen molar-refractivity contribution in [2.75, 3.05) is 19.8 Å². The van der Waals surface area contributed by atoms with Crippen LogP contribution in [0.25, 0.3) is 0 Å². The predicted octanol–water partition coefficient (Wildman–Crippen LogP) is 2.10. The molecule has 0 atom stereocenters. The highest BCUT2D eigenvalue weighted by molar-refractivity contribution is 7.89. The summed E-state index contributed by atoms with van der Waals surface area (Å²) >= 11 is 1.48. The van der Waals surface area contributed by atoms with Gasteiger partial charge in [0.05, 0.1) is 11.5 Å². The molecule has 2 N–H and O–H groups in total. The van der Waals surface area contributed by atoms with E-state index < -0.39 is 10.0 Å². The summed E-state index contributed by atoms with van der Waals surface area (Å²) in [6, 6.07) is 2.25. The number of rotatable bonds is 11. The quantitative estimate of drug-likeness (QED) is 0.609. The van der Waals surface area contributed by atoms with Gasteiger partial charge in [-0.25, -0.2) is 13.1 Å². The first-order chi connectivity index (χ1) is 10.1. The van der Waals surface area contributed by atoms with Crippen LogP contribution in [-0.2, 0) is 21.3 Å². The van der Waals surface area contributed by atoms with E-state index in [-0.39, 0.29) is 0 Å². The molecule has 1 aliphatic carbocycles. The predicted molar refractivity (Wildman–Crippen MR) is 85.1 cm³/mol. The monoisotopic (exact) mass is 332 g/mol. The fraction of sp³-hybridized carbons (Fsp3) is 0.714. The smallest absolute Gasteiger partial charge is 0.241 e. The first kappa shape index (κ1) is 16.9. The Morgan fingerprint density at radius 3 is 2.90 bits per heavy atom. The SMILES string of the molecule is CCCCOCCNS(=O)(=O)c1ccsc1CNC1CC1. The molecule has 0 saturated heterocycles. The van der Waals surface area contributed by atoms with E-state index in [4.69, 9.17) is 4.74 Å². The molecule has 5 nitrogen and oxygen atoms in total. The Labute approximate surface area is 131 Å². The molecule has 1 saturated carbocycles. The van der Waals surface area contributed by atoms with Gasteiger partial charge in [0, 0.05) is 30.6 Å². The average Bonchev–Trinajstić information content (AvgIpc) is 3.16. The molecule has 0 unspecified atom stereocenters. The van der Waals surface area contributed by atoms with Gasteiger partial charge in [0.2, 0.25) is 10.0 Å². The van der Waals surface area contributed by atoms with E-state index >= 15 is 0 Å². The van der Waals surface area contributed by atoms with Gasteiger partial charge in [0.25, 0.3) is 0 Å². The zero-order valence-electron chi connectivity index (χ0n) is 12.4. The van der Waals surface area contributed by atoms with Gasteiger partial charge in [-0.05, 0) is 30.7 Å². The van der Waals surface area contributed by atoms with E-state index in [1.807, 2.05) is 5.38 Å². The Kier molecular flexibility index (Phi) is 6.63.